The Kier molecular flexibility index (Phi) is 5.71. The minimum absolute atomic E-state index is 0.219. The third-order valence-corrected chi connectivity index (χ3v) is 5.05. The molecule has 0 spiro atoms. The molecule has 1 saturated heterocycles. The van der Waals surface area contributed by atoms with Crippen LogP contribution in [0.2, 0.25) is 5.02 Å². The van der Waals surface area contributed by atoms with Crippen molar-refractivity contribution in [3.63, 3.8) is 0 Å². The Hall–Kier alpha value is -2.67. The Morgan fingerprint density at radius 3 is 2.89 bits per heavy atom. The van der Waals surface area contributed by atoms with Crippen LogP contribution in [0.25, 0.3) is 0 Å². The molecule has 2 aliphatic rings. The highest BCUT2D eigenvalue weighted by Crippen LogP contribution is 2.38. The topological polar surface area (TPSA) is 82.2 Å². The summed E-state index contributed by atoms with van der Waals surface area (Å²) < 4.78 is 11.1. The molecule has 28 heavy (non-hydrogen) atoms. The lowest BCUT2D eigenvalue weighted by atomic mass is 10.1. The van der Waals surface area contributed by atoms with E-state index in [-0.39, 0.29) is 6.61 Å². The van der Waals surface area contributed by atoms with Gasteiger partial charge in [-0.2, -0.15) is 0 Å². The van der Waals surface area contributed by atoms with Crippen molar-refractivity contribution in [1.29, 1.82) is 0 Å². The molecule has 8 heteroatoms. The molecule has 0 amide bonds. The number of piperidine rings is 1. The summed E-state index contributed by atoms with van der Waals surface area (Å²) in [6, 6.07) is 7.39. The van der Waals surface area contributed by atoms with Gasteiger partial charge in [0.1, 0.15) is 25.6 Å². The van der Waals surface area contributed by atoms with E-state index in [9.17, 15) is 0 Å². The van der Waals surface area contributed by atoms with Gasteiger partial charge in [0.2, 0.25) is 0 Å². The largest absolute Gasteiger partial charge is 0.486 e. The molecule has 2 N–H and O–H groups in total. The molecule has 0 aliphatic carbocycles. The van der Waals surface area contributed by atoms with Crippen LogP contribution in [0.15, 0.2) is 35.6 Å². The Bertz CT molecular complexity index is 869. The minimum Gasteiger partial charge on any atom is -0.486 e. The van der Waals surface area contributed by atoms with Gasteiger partial charge < -0.3 is 24.9 Å². The lowest BCUT2D eigenvalue weighted by molar-refractivity contribution is 0.129. The molecule has 0 atom stereocenters. The lowest BCUT2D eigenvalue weighted by Gasteiger charge is -2.29. The van der Waals surface area contributed by atoms with E-state index >= 15 is 0 Å². The Labute approximate surface area is 169 Å². The van der Waals surface area contributed by atoms with Crippen LogP contribution in [0.3, 0.4) is 0 Å². The smallest absolute Gasteiger partial charge is 0.179 e. The summed E-state index contributed by atoms with van der Waals surface area (Å²) in [7, 11) is 0. The fourth-order valence-electron chi connectivity index (χ4n) is 3.43. The van der Waals surface area contributed by atoms with Crippen molar-refractivity contribution in [3.8, 4) is 11.5 Å². The number of aromatic nitrogens is 1. The van der Waals surface area contributed by atoms with Gasteiger partial charge in [0.25, 0.3) is 0 Å². The number of benzene rings is 1. The maximum Gasteiger partial charge on any atom is 0.179 e. The number of fused-ring (bicyclic) bond motifs is 1. The molecule has 7 nitrogen and oxygen atoms in total. The number of amidine groups is 1. The summed E-state index contributed by atoms with van der Waals surface area (Å²) >= 11 is 6.26. The summed E-state index contributed by atoms with van der Waals surface area (Å²) in [6.07, 6.45) is 5.35. The van der Waals surface area contributed by atoms with Gasteiger partial charge in [-0.05, 0) is 49.1 Å². The number of oxime groups is 1. The zero-order valence-corrected chi connectivity index (χ0v) is 16.3. The van der Waals surface area contributed by atoms with Crippen LogP contribution in [-0.4, -0.2) is 37.1 Å². The monoisotopic (exact) mass is 402 g/mol. The second-order valence-electron chi connectivity index (χ2n) is 6.77. The number of halogens is 1. The molecular formula is C20H23ClN4O3. The minimum atomic E-state index is 0.219. The van der Waals surface area contributed by atoms with Gasteiger partial charge in [-0.3, -0.25) is 0 Å². The third kappa shape index (κ3) is 4.09. The fraction of sp³-hybridized carbons (Fsp3) is 0.400. The van der Waals surface area contributed by atoms with E-state index in [0.717, 1.165) is 42.9 Å². The summed E-state index contributed by atoms with van der Waals surface area (Å²) in [6.45, 7) is 3.17. The average molecular weight is 403 g/mol. The maximum atomic E-state index is 6.26. The third-order valence-electron chi connectivity index (χ3n) is 4.77. The molecule has 4 rings (SSSR count). The van der Waals surface area contributed by atoms with E-state index in [4.69, 9.17) is 31.6 Å². The number of pyridine rings is 1. The van der Waals surface area contributed by atoms with Crippen LogP contribution >= 0.6 is 11.6 Å². The molecule has 0 radical (unpaired) electrons. The first kappa shape index (κ1) is 18.7. The van der Waals surface area contributed by atoms with Gasteiger partial charge in [-0.1, -0.05) is 16.8 Å². The van der Waals surface area contributed by atoms with Crippen molar-refractivity contribution >= 4 is 23.3 Å². The van der Waals surface area contributed by atoms with Gasteiger partial charge in [-0.15, -0.1) is 0 Å². The molecular weight excluding hydrogens is 380 g/mol. The van der Waals surface area contributed by atoms with Crippen LogP contribution in [-0.2, 0) is 11.4 Å². The molecule has 148 valence electrons. The van der Waals surface area contributed by atoms with E-state index in [0.29, 0.717) is 35.6 Å². The summed E-state index contributed by atoms with van der Waals surface area (Å²) in [4.78, 5) is 12.2. The van der Waals surface area contributed by atoms with Gasteiger partial charge in [-0.25, -0.2) is 4.98 Å². The molecule has 2 aromatic rings. The fourth-order valence-corrected chi connectivity index (χ4v) is 3.72. The van der Waals surface area contributed by atoms with Gasteiger partial charge in [0.15, 0.2) is 17.3 Å². The second-order valence-corrected chi connectivity index (χ2v) is 7.18. The SMILES string of the molecule is N/C(=N\OCc1cc(Cl)c2c(c1)OCCO2)c1cccnc1N1CCCCC1. The molecule has 0 bridgehead atoms. The van der Waals surface area contributed by atoms with Crippen LogP contribution in [0.4, 0.5) is 5.82 Å². The number of hydrogen-bond acceptors (Lipinski definition) is 6. The van der Waals surface area contributed by atoms with E-state index in [1.807, 2.05) is 18.2 Å². The van der Waals surface area contributed by atoms with Crippen molar-refractivity contribution < 1.29 is 14.3 Å². The van der Waals surface area contributed by atoms with E-state index in [1.165, 1.54) is 6.42 Å². The van der Waals surface area contributed by atoms with Gasteiger partial charge >= 0.3 is 0 Å². The van der Waals surface area contributed by atoms with Crippen molar-refractivity contribution in [3.05, 3.63) is 46.6 Å². The lowest BCUT2D eigenvalue weighted by Crippen LogP contribution is -2.32. The zero-order valence-electron chi connectivity index (χ0n) is 15.6. The number of hydrogen-bond donors (Lipinski definition) is 1. The molecule has 1 fully saturated rings. The summed E-state index contributed by atoms with van der Waals surface area (Å²) in [5.41, 5.74) is 7.80. The summed E-state index contributed by atoms with van der Waals surface area (Å²) in [5, 5.41) is 4.59. The van der Waals surface area contributed by atoms with E-state index in [1.54, 1.807) is 12.3 Å². The number of nitrogens with two attached hydrogens (primary N) is 1. The quantitative estimate of drug-likeness (QED) is 0.469. The normalized spacial score (nSPS) is 16.8. The van der Waals surface area contributed by atoms with Gasteiger partial charge in [0, 0.05) is 19.3 Å². The van der Waals surface area contributed by atoms with Crippen molar-refractivity contribution in [2.75, 3.05) is 31.2 Å². The predicted octanol–water partition coefficient (Wildman–Crippen LogP) is 3.33. The maximum absolute atomic E-state index is 6.26. The number of nitrogens with zero attached hydrogens (tertiary/aromatic N) is 3. The average Bonchev–Trinajstić information content (AvgIpc) is 2.74. The van der Waals surface area contributed by atoms with Gasteiger partial charge in [0.05, 0.1) is 10.6 Å². The van der Waals surface area contributed by atoms with Crippen molar-refractivity contribution in [2.24, 2.45) is 10.9 Å². The highest BCUT2D eigenvalue weighted by molar-refractivity contribution is 6.32. The Morgan fingerprint density at radius 1 is 1.21 bits per heavy atom. The van der Waals surface area contributed by atoms with Crippen LogP contribution in [0, 0.1) is 0 Å². The predicted molar refractivity (Wildman–Crippen MR) is 108 cm³/mol. The molecule has 3 heterocycles. The number of rotatable bonds is 5. The number of ether oxygens (including phenoxy) is 2. The summed E-state index contributed by atoms with van der Waals surface area (Å²) in [5.74, 6) is 2.35. The zero-order chi connectivity index (χ0) is 19.3. The molecule has 0 unspecified atom stereocenters. The molecule has 1 aromatic carbocycles. The molecule has 2 aliphatic heterocycles. The Morgan fingerprint density at radius 2 is 2.04 bits per heavy atom. The standard InChI is InChI=1S/C20H23ClN4O3/c21-16-11-14(12-17-18(16)27-10-9-26-17)13-28-24-19(22)15-5-4-6-23-20(15)25-7-2-1-3-8-25/h4-6,11-12H,1-3,7-10,13H2,(H2,22,24). The first-order valence-corrected chi connectivity index (χ1v) is 9.84. The van der Waals surface area contributed by atoms with Crippen LogP contribution in [0.1, 0.15) is 30.4 Å². The first-order valence-electron chi connectivity index (χ1n) is 9.46. The first-order chi connectivity index (χ1) is 13.7. The molecule has 1 aromatic heterocycles. The van der Waals surface area contributed by atoms with Crippen LogP contribution < -0.4 is 20.1 Å². The molecule has 0 saturated carbocycles. The van der Waals surface area contributed by atoms with Crippen molar-refractivity contribution in [1.82, 2.24) is 4.98 Å². The second kappa shape index (κ2) is 8.56. The van der Waals surface area contributed by atoms with E-state index < -0.39 is 0 Å². The van der Waals surface area contributed by atoms with E-state index in [2.05, 4.69) is 15.0 Å². The highest BCUT2D eigenvalue weighted by atomic mass is 35.5. The number of anilines is 1. The highest BCUT2D eigenvalue weighted by Gasteiger charge is 2.18. The Balaban J connectivity index is 1.46. The van der Waals surface area contributed by atoms with Crippen LogP contribution in [0.5, 0.6) is 11.5 Å². The van der Waals surface area contributed by atoms with Crippen molar-refractivity contribution in [2.45, 2.75) is 25.9 Å².